The van der Waals surface area contributed by atoms with Crippen LogP contribution in [0.15, 0.2) is 10.9 Å². The Morgan fingerprint density at radius 1 is 1.22 bits per heavy atom. The average molecular weight is 318 g/mol. The van der Waals surface area contributed by atoms with E-state index in [-0.39, 0.29) is 11.6 Å². The van der Waals surface area contributed by atoms with Gasteiger partial charge in [0.15, 0.2) is 0 Å². The molecule has 0 radical (unpaired) electrons. The van der Waals surface area contributed by atoms with Crippen molar-refractivity contribution in [1.82, 2.24) is 19.6 Å². The number of hydrogen-bond donors (Lipinski definition) is 0. The maximum Gasteiger partial charge on any atom is 0.320 e. The van der Waals surface area contributed by atoms with Crippen molar-refractivity contribution in [2.75, 3.05) is 39.4 Å². The smallest absolute Gasteiger partial charge is 0.320 e. The Labute approximate surface area is 134 Å². The van der Waals surface area contributed by atoms with Crippen LogP contribution in [0.3, 0.4) is 0 Å². The molecular formula is C16H22N4O3. The van der Waals surface area contributed by atoms with Gasteiger partial charge in [-0.2, -0.15) is 5.10 Å². The van der Waals surface area contributed by atoms with Crippen molar-refractivity contribution >= 4 is 6.03 Å². The van der Waals surface area contributed by atoms with Gasteiger partial charge in [-0.25, -0.2) is 9.48 Å². The van der Waals surface area contributed by atoms with E-state index in [0.717, 1.165) is 30.5 Å². The van der Waals surface area contributed by atoms with Gasteiger partial charge in [0.2, 0.25) is 0 Å². The quantitative estimate of drug-likeness (QED) is 0.776. The van der Waals surface area contributed by atoms with E-state index in [0.29, 0.717) is 51.9 Å². The first-order valence-electron chi connectivity index (χ1n) is 8.42. The zero-order valence-corrected chi connectivity index (χ0v) is 13.2. The summed E-state index contributed by atoms with van der Waals surface area (Å²) in [5.41, 5.74) is 2.18. The number of fused-ring (bicyclic) bond motifs is 1. The monoisotopic (exact) mass is 318 g/mol. The Morgan fingerprint density at radius 3 is 2.78 bits per heavy atom. The number of urea groups is 1. The van der Waals surface area contributed by atoms with E-state index in [1.807, 2.05) is 9.80 Å². The second kappa shape index (κ2) is 5.96. The van der Waals surface area contributed by atoms with E-state index >= 15 is 0 Å². The highest BCUT2D eigenvalue weighted by Gasteiger charge is 2.34. The minimum atomic E-state index is -0.0106. The predicted octanol–water partition coefficient (Wildman–Crippen LogP) is 0.116. The highest BCUT2D eigenvalue weighted by molar-refractivity contribution is 5.75. The van der Waals surface area contributed by atoms with Gasteiger partial charge in [-0.1, -0.05) is 0 Å². The number of amides is 2. The molecule has 1 aromatic heterocycles. The summed E-state index contributed by atoms with van der Waals surface area (Å²) in [6.07, 6.45) is 3.04. The zero-order valence-electron chi connectivity index (χ0n) is 13.2. The molecule has 0 N–H and O–H groups in total. The van der Waals surface area contributed by atoms with E-state index in [2.05, 4.69) is 5.10 Å². The molecule has 7 heteroatoms. The topological polar surface area (TPSA) is 67.7 Å². The van der Waals surface area contributed by atoms with E-state index in [1.54, 1.807) is 10.7 Å². The number of morpholine rings is 1. The fourth-order valence-electron chi connectivity index (χ4n) is 3.61. The summed E-state index contributed by atoms with van der Waals surface area (Å²) >= 11 is 0. The molecule has 23 heavy (non-hydrogen) atoms. The number of carbonyl (C=O) groups is 1. The molecule has 2 amide bonds. The summed E-state index contributed by atoms with van der Waals surface area (Å²) in [5.74, 6) is 0.324. The molecule has 0 saturated carbocycles. The van der Waals surface area contributed by atoms with Crippen molar-refractivity contribution < 1.29 is 9.53 Å². The third-order valence-electron chi connectivity index (χ3n) is 4.96. The third kappa shape index (κ3) is 2.85. The second-order valence-corrected chi connectivity index (χ2v) is 6.64. The maximum atomic E-state index is 12.3. The van der Waals surface area contributed by atoms with Crippen LogP contribution < -0.4 is 5.56 Å². The van der Waals surface area contributed by atoms with Crippen LogP contribution in [0.4, 0.5) is 4.79 Å². The van der Waals surface area contributed by atoms with Gasteiger partial charge in [0.05, 0.1) is 25.5 Å². The SMILES string of the molecule is O=C(N1CCOCC1)N1CC(Cn2nc3c(cc2=O)CCC3)C1. The second-order valence-electron chi connectivity index (χ2n) is 6.64. The molecule has 0 aromatic carbocycles. The molecule has 3 aliphatic rings. The summed E-state index contributed by atoms with van der Waals surface area (Å²) in [5, 5.41) is 4.51. The molecule has 7 nitrogen and oxygen atoms in total. The minimum Gasteiger partial charge on any atom is -0.378 e. The fraction of sp³-hybridized carbons (Fsp3) is 0.688. The number of aryl methyl sites for hydroxylation is 2. The first-order chi connectivity index (χ1) is 11.2. The van der Waals surface area contributed by atoms with Gasteiger partial charge in [0.1, 0.15) is 0 Å². The normalized spacial score (nSPS) is 21.2. The summed E-state index contributed by atoms with van der Waals surface area (Å²) in [6.45, 7) is 4.62. The van der Waals surface area contributed by atoms with Gasteiger partial charge < -0.3 is 14.5 Å². The molecule has 0 unspecified atom stereocenters. The van der Waals surface area contributed by atoms with Crippen molar-refractivity contribution in [3.8, 4) is 0 Å². The van der Waals surface area contributed by atoms with Crippen LogP contribution in [0.1, 0.15) is 17.7 Å². The van der Waals surface area contributed by atoms with Crippen molar-refractivity contribution in [2.24, 2.45) is 5.92 Å². The molecule has 0 spiro atoms. The molecule has 1 aromatic rings. The van der Waals surface area contributed by atoms with E-state index in [1.165, 1.54) is 0 Å². The van der Waals surface area contributed by atoms with Crippen LogP contribution in [0, 0.1) is 5.92 Å². The number of carbonyl (C=O) groups excluding carboxylic acids is 1. The first kappa shape index (κ1) is 14.7. The lowest BCUT2D eigenvalue weighted by Crippen LogP contribution is -2.58. The van der Waals surface area contributed by atoms with Crippen molar-refractivity contribution in [2.45, 2.75) is 25.8 Å². The van der Waals surface area contributed by atoms with Gasteiger partial charge in [-0.05, 0) is 24.8 Å². The lowest BCUT2D eigenvalue weighted by atomic mass is 10.0. The lowest BCUT2D eigenvalue weighted by molar-refractivity contribution is 0.0263. The number of hydrogen-bond acceptors (Lipinski definition) is 4. The van der Waals surface area contributed by atoms with Gasteiger partial charge >= 0.3 is 6.03 Å². The number of rotatable bonds is 2. The van der Waals surface area contributed by atoms with Gasteiger partial charge in [-0.15, -0.1) is 0 Å². The van der Waals surface area contributed by atoms with Crippen LogP contribution in [-0.4, -0.2) is 65.0 Å². The van der Waals surface area contributed by atoms with Crippen molar-refractivity contribution in [1.29, 1.82) is 0 Å². The molecule has 4 rings (SSSR count). The predicted molar refractivity (Wildman–Crippen MR) is 83.4 cm³/mol. The third-order valence-corrected chi connectivity index (χ3v) is 4.96. The molecule has 2 fully saturated rings. The molecule has 2 saturated heterocycles. The average Bonchev–Trinajstić information content (AvgIpc) is 2.97. The molecule has 0 bridgehead atoms. The highest BCUT2D eigenvalue weighted by atomic mass is 16.5. The van der Waals surface area contributed by atoms with Crippen LogP contribution in [0.2, 0.25) is 0 Å². The highest BCUT2D eigenvalue weighted by Crippen LogP contribution is 2.21. The molecular weight excluding hydrogens is 296 g/mol. The number of ether oxygens (including phenoxy) is 1. The summed E-state index contributed by atoms with van der Waals surface area (Å²) in [6, 6.07) is 1.84. The fourth-order valence-corrected chi connectivity index (χ4v) is 3.61. The standard InChI is InChI=1S/C16H22N4O3/c21-15-8-13-2-1-3-14(13)17-20(15)11-12-9-19(10-12)16(22)18-4-6-23-7-5-18/h8,12H,1-7,9-11H2. The first-order valence-corrected chi connectivity index (χ1v) is 8.42. The number of likely N-dealkylation sites (tertiary alicyclic amines) is 1. The Morgan fingerprint density at radius 2 is 2.00 bits per heavy atom. The van der Waals surface area contributed by atoms with E-state index in [9.17, 15) is 9.59 Å². The summed E-state index contributed by atoms with van der Waals surface area (Å²) in [4.78, 5) is 28.1. The lowest BCUT2D eigenvalue weighted by Gasteiger charge is -2.42. The Hall–Kier alpha value is -1.89. The van der Waals surface area contributed by atoms with E-state index in [4.69, 9.17) is 4.74 Å². The van der Waals surface area contributed by atoms with Crippen molar-refractivity contribution in [3.05, 3.63) is 27.7 Å². The van der Waals surface area contributed by atoms with Crippen molar-refractivity contribution in [3.63, 3.8) is 0 Å². The van der Waals surface area contributed by atoms with Crippen LogP contribution in [-0.2, 0) is 24.1 Å². The van der Waals surface area contributed by atoms with Gasteiger partial charge in [0, 0.05) is 38.2 Å². The van der Waals surface area contributed by atoms with Crippen LogP contribution >= 0.6 is 0 Å². The zero-order chi connectivity index (χ0) is 15.8. The Balaban J connectivity index is 1.34. The Bertz CT molecular complexity index is 660. The van der Waals surface area contributed by atoms with Gasteiger partial charge in [0.25, 0.3) is 5.56 Å². The molecule has 0 atom stereocenters. The minimum absolute atomic E-state index is 0.0106. The van der Waals surface area contributed by atoms with Gasteiger partial charge in [-0.3, -0.25) is 4.79 Å². The van der Waals surface area contributed by atoms with Crippen LogP contribution in [0.25, 0.3) is 0 Å². The molecule has 2 aliphatic heterocycles. The molecule has 124 valence electrons. The summed E-state index contributed by atoms with van der Waals surface area (Å²) < 4.78 is 6.86. The van der Waals surface area contributed by atoms with Crippen LogP contribution in [0.5, 0.6) is 0 Å². The number of aromatic nitrogens is 2. The maximum absolute atomic E-state index is 12.3. The summed E-state index contributed by atoms with van der Waals surface area (Å²) in [7, 11) is 0. The number of nitrogens with zero attached hydrogens (tertiary/aromatic N) is 4. The Kier molecular flexibility index (Phi) is 3.80. The largest absolute Gasteiger partial charge is 0.378 e. The van der Waals surface area contributed by atoms with E-state index < -0.39 is 0 Å². The molecule has 1 aliphatic carbocycles. The molecule has 3 heterocycles.